The Morgan fingerprint density at radius 1 is 1.35 bits per heavy atom. The van der Waals surface area contributed by atoms with E-state index in [1.54, 1.807) is 0 Å². The van der Waals surface area contributed by atoms with E-state index in [1.807, 2.05) is 6.92 Å². The van der Waals surface area contributed by atoms with E-state index < -0.39 is 0 Å². The van der Waals surface area contributed by atoms with Gasteiger partial charge < -0.3 is 15.4 Å². The maximum atomic E-state index is 12.2. The van der Waals surface area contributed by atoms with Crippen molar-refractivity contribution < 1.29 is 9.53 Å². The summed E-state index contributed by atoms with van der Waals surface area (Å²) in [6.07, 6.45) is 5.49. The first-order chi connectivity index (χ1) is 9.17. The lowest BCUT2D eigenvalue weighted by atomic mass is 9.58. The van der Waals surface area contributed by atoms with Gasteiger partial charge in [-0.3, -0.25) is 4.79 Å². The molecular formula is C15H29ClN2O2. The van der Waals surface area contributed by atoms with Crippen LogP contribution in [0.25, 0.3) is 0 Å². The summed E-state index contributed by atoms with van der Waals surface area (Å²) in [5, 5.41) is 6.52. The molecule has 4 nitrogen and oxygen atoms in total. The minimum absolute atomic E-state index is 0. The summed E-state index contributed by atoms with van der Waals surface area (Å²) in [5.74, 6) is 0.184. The number of amides is 1. The lowest BCUT2D eigenvalue weighted by Gasteiger charge is -2.55. The highest BCUT2D eigenvalue weighted by molar-refractivity contribution is 5.85. The Kier molecular flexibility index (Phi) is 6.76. The van der Waals surface area contributed by atoms with E-state index in [1.165, 1.54) is 0 Å². The lowest BCUT2D eigenvalue weighted by Crippen LogP contribution is -2.65. The molecule has 2 rings (SSSR count). The summed E-state index contributed by atoms with van der Waals surface area (Å²) < 4.78 is 5.85. The third-order valence-corrected chi connectivity index (χ3v) is 5.16. The number of hydrogen-bond donors (Lipinski definition) is 2. The first kappa shape index (κ1) is 17.7. The Balaban J connectivity index is 0.00000200. The lowest BCUT2D eigenvalue weighted by molar-refractivity contribution is -0.149. The van der Waals surface area contributed by atoms with Crippen molar-refractivity contribution in [2.75, 3.05) is 13.2 Å². The smallest absolute Gasteiger partial charge is 0.237 e. The highest BCUT2D eigenvalue weighted by Gasteiger charge is 2.54. The van der Waals surface area contributed by atoms with Gasteiger partial charge in [0.2, 0.25) is 5.91 Å². The Morgan fingerprint density at radius 3 is 2.55 bits per heavy atom. The average Bonchev–Trinajstić information content (AvgIpc) is 2.93. The second kappa shape index (κ2) is 7.62. The van der Waals surface area contributed by atoms with Gasteiger partial charge in [0.1, 0.15) is 0 Å². The molecule has 1 aliphatic heterocycles. The maximum absolute atomic E-state index is 12.2. The zero-order valence-corrected chi connectivity index (χ0v) is 13.7. The topological polar surface area (TPSA) is 50.4 Å². The van der Waals surface area contributed by atoms with E-state index in [0.717, 1.165) is 45.3 Å². The van der Waals surface area contributed by atoms with E-state index in [4.69, 9.17) is 4.74 Å². The third-order valence-electron chi connectivity index (χ3n) is 5.16. The van der Waals surface area contributed by atoms with Crippen LogP contribution in [0.15, 0.2) is 0 Å². The van der Waals surface area contributed by atoms with Crippen LogP contribution in [0.5, 0.6) is 0 Å². The van der Waals surface area contributed by atoms with Gasteiger partial charge in [-0.1, -0.05) is 13.8 Å². The predicted molar refractivity (Wildman–Crippen MR) is 83.2 cm³/mol. The molecular weight excluding hydrogens is 276 g/mol. The summed E-state index contributed by atoms with van der Waals surface area (Å²) in [7, 11) is 0. The fourth-order valence-corrected chi connectivity index (χ4v) is 3.76. The van der Waals surface area contributed by atoms with Crippen molar-refractivity contribution in [3.63, 3.8) is 0 Å². The fraction of sp³-hybridized carbons (Fsp3) is 0.933. The van der Waals surface area contributed by atoms with Gasteiger partial charge in [0, 0.05) is 18.1 Å². The molecule has 0 bridgehead atoms. The quantitative estimate of drug-likeness (QED) is 0.791. The van der Waals surface area contributed by atoms with E-state index >= 15 is 0 Å². The minimum Gasteiger partial charge on any atom is -0.378 e. The van der Waals surface area contributed by atoms with Crippen LogP contribution in [-0.4, -0.2) is 37.2 Å². The van der Waals surface area contributed by atoms with Crippen LogP contribution in [0.2, 0.25) is 0 Å². The number of carbonyl (C=O) groups is 1. The van der Waals surface area contributed by atoms with E-state index in [-0.39, 0.29) is 35.8 Å². The number of rotatable bonds is 6. The van der Waals surface area contributed by atoms with Gasteiger partial charge in [-0.2, -0.15) is 0 Å². The van der Waals surface area contributed by atoms with Gasteiger partial charge in [-0.05, 0) is 45.6 Å². The first-order valence-corrected chi connectivity index (χ1v) is 7.83. The number of nitrogens with one attached hydrogen (secondary N) is 2. The van der Waals surface area contributed by atoms with Crippen molar-refractivity contribution in [3.05, 3.63) is 0 Å². The minimum atomic E-state index is 0. The molecule has 1 saturated carbocycles. The zero-order chi connectivity index (χ0) is 13.9. The average molecular weight is 305 g/mol. The Hall–Kier alpha value is -0.320. The van der Waals surface area contributed by atoms with E-state index in [9.17, 15) is 4.79 Å². The second-order valence-electron chi connectivity index (χ2n) is 5.83. The van der Waals surface area contributed by atoms with Crippen LogP contribution in [0.4, 0.5) is 0 Å². The largest absolute Gasteiger partial charge is 0.378 e. The molecule has 0 aromatic rings. The normalized spacial score (nSPS) is 31.2. The molecule has 1 saturated heterocycles. The van der Waals surface area contributed by atoms with Crippen LogP contribution in [-0.2, 0) is 9.53 Å². The molecule has 5 heteroatoms. The Morgan fingerprint density at radius 2 is 2.05 bits per heavy atom. The molecule has 2 aliphatic rings. The monoisotopic (exact) mass is 304 g/mol. The van der Waals surface area contributed by atoms with Crippen LogP contribution >= 0.6 is 12.4 Å². The molecule has 3 atom stereocenters. The van der Waals surface area contributed by atoms with Gasteiger partial charge in [0.15, 0.2) is 0 Å². The van der Waals surface area contributed by atoms with E-state index in [0.29, 0.717) is 6.10 Å². The van der Waals surface area contributed by atoms with Crippen LogP contribution in [0.3, 0.4) is 0 Å². The molecule has 0 radical (unpaired) electrons. The number of ether oxygens (including phenoxy) is 1. The van der Waals surface area contributed by atoms with Gasteiger partial charge in [-0.25, -0.2) is 0 Å². The number of hydrogen-bond acceptors (Lipinski definition) is 3. The van der Waals surface area contributed by atoms with Crippen molar-refractivity contribution in [1.82, 2.24) is 10.6 Å². The second-order valence-corrected chi connectivity index (χ2v) is 5.83. The molecule has 1 aliphatic carbocycles. The van der Waals surface area contributed by atoms with Crippen molar-refractivity contribution >= 4 is 18.3 Å². The third kappa shape index (κ3) is 3.12. The van der Waals surface area contributed by atoms with Crippen molar-refractivity contribution in [2.24, 2.45) is 5.41 Å². The molecule has 1 heterocycles. The summed E-state index contributed by atoms with van der Waals surface area (Å²) in [6, 6.07) is 0.312. The number of halogens is 1. The summed E-state index contributed by atoms with van der Waals surface area (Å²) in [4.78, 5) is 12.2. The summed E-state index contributed by atoms with van der Waals surface area (Å²) in [6.45, 7) is 8.20. The molecule has 118 valence electrons. The van der Waals surface area contributed by atoms with Gasteiger partial charge in [0.05, 0.1) is 12.1 Å². The molecule has 0 spiro atoms. The molecule has 20 heavy (non-hydrogen) atoms. The standard InChI is InChI=1S/C15H28N2O2.ClH/c1-4-15(5-2)12(10-13(15)19-6-3)17-14(18)11-8-7-9-16-11;/h11-13,16H,4-10H2,1-3H3,(H,17,18);1H. The fourth-order valence-electron chi connectivity index (χ4n) is 3.76. The zero-order valence-electron chi connectivity index (χ0n) is 12.9. The maximum Gasteiger partial charge on any atom is 0.237 e. The summed E-state index contributed by atoms with van der Waals surface area (Å²) in [5.41, 5.74) is 0.143. The van der Waals surface area contributed by atoms with Crippen molar-refractivity contribution in [1.29, 1.82) is 0 Å². The predicted octanol–water partition coefficient (Wildman–Crippen LogP) is 2.26. The Labute approximate surface area is 128 Å². The van der Waals surface area contributed by atoms with E-state index in [2.05, 4.69) is 24.5 Å². The highest BCUT2D eigenvalue weighted by atomic mass is 35.5. The molecule has 0 aromatic heterocycles. The molecule has 0 aromatic carbocycles. The highest BCUT2D eigenvalue weighted by Crippen LogP contribution is 2.48. The molecule has 1 amide bonds. The van der Waals surface area contributed by atoms with Gasteiger partial charge >= 0.3 is 0 Å². The molecule has 2 fully saturated rings. The Bertz CT molecular complexity index is 315. The first-order valence-electron chi connectivity index (χ1n) is 7.83. The molecule has 3 unspecified atom stereocenters. The van der Waals surface area contributed by atoms with Crippen molar-refractivity contribution in [2.45, 2.75) is 71.1 Å². The van der Waals surface area contributed by atoms with Crippen LogP contribution < -0.4 is 10.6 Å². The summed E-state index contributed by atoms with van der Waals surface area (Å²) >= 11 is 0. The van der Waals surface area contributed by atoms with Gasteiger partial charge in [0.25, 0.3) is 0 Å². The number of carbonyl (C=O) groups excluding carboxylic acids is 1. The SMILES string of the molecule is CCOC1CC(NC(=O)C2CCCN2)C1(CC)CC.Cl. The van der Waals surface area contributed by atoms with Gasteiger partial charge in [-0.15, -0.1) is 12.4 Å². The van der Waals surface area contributed by atoms with Crippen LogP contribution in [0.1, 0.15) is 52.9 Å². The molecule has 2 N–H and O–H groups in total. The van der Waals surface area contributed by atoms with Crippen molar-refractivity contribution in [3.8, 4) is 0 Å². The van der Waals surface area contributed by atoms with Crippen LogP contribution in [0, 0.1) is 5.41 Å².